The molecule has 1 N–H and O–H groups in total. The summed E-state index contributed by atoms with van der Waals surface area (Å²) in [5, 5.41) is 8.60. The monoisotopic (exact) mass is 265 g/mol. The standard InChI is InChI=1S/C14H19NO4/c1-10-4-5-13(19-3)11(8-10)12(16)9-15(2)7-6-14(17)18/h4-5,8H,6-7,9H2,1-3H3,(H,17,18). The van der Waals surface area contributed by atoms with E-state index in [-0.39, 0.29) is 18.7 Å². The molecule has 5 heteroatoms. The Bertz CT molecular complexity index is 471. The third-order valence-corrected chi connectivity index (χ3v) is 2.78. The van der Waals surface area contributed by atoms with Gasteiger partial charge >= 0.3 is 5.97 Å². The molecule has 0 fully saturated rings. The first-order chi connectivity index (χ1) is 8.93. The van der Waals surface area contributed by atoms with Gasteiger partial charge in [0.05, 0.1) is 25.6 Å². The number of nitrogens with zero attached hydrogens (tertiary/aromatic N) is 1. The number of hydrogen-bond acceptors (Lipinski definition) is 4. The summed E-state index contributed by atoms with van der Waals surface area (Å²) < 4.78 is 5.17. The fraction of sp³-hybridized carbons (Fsp3) is 0.429. The number of carboxylic acids is 1. The second-order valence-corrected chi connectivity index (χ2v) is 4.51. The Balaban J connectivity index is 2.72. The van der Waals surface area contributed by atoms with Crippen molar-refractivity contribution in [3.63, 3.8) is 0 Å². The van der Waals surface area contributed by atoms with Crippen LogP contribution in [0.25, 0.3) is 0 Å². The molecule has 0 aliphatic carbocycles. The highest BCUT2D eigenvalue weighted by molar-refractivity contribution is 6.00. The molecule has 0 radical (unpaired) electrons. The molecule has 0 spiro atoms. The number of methoxy groups -OCH3 is 1. The summed E-state index contributed by atoms with van der Waals surface area (Å²) in [5.41, 5.74) is 1.52. The summed E-state index contributed by atoms with van der Waals surface area (Å²) >= 11 is 0. The molecular formula is C14H19NO4. The maximum absolute atomic E-state index is 12.2. The van der Waals surface area contributed by atoms with Crippen molar-refractivity contribution in [2.75, 3.05) is 27.2 Å². The van der Waals surface area contributed by atoms with E-state index in [2.05, 4.69) is 0 Å². The van der Waals surface area contributed by atoms with Gasteiger partial charge in [-0.15, -0.1) is 0 Å². The van der Waals surface area contributed by atoms with Crippen LogP contribution in [0.4, 0.5) is 0 Å². The van der Waals surface area contributed by atoms with Gasteiger partial charge in [-0.25, -0.2) is 0 Å². The van der Waals surface area contributed by atoms with Crippen molar-refractivity contribution in [1.29, 1.82) is 0 Å². The third kappa shape index (κ3) is 4.71. The molecule has 0 saturated carbocycles. The molecule has 0 amide bonds. The fourth-order valence-corrected chi connectivity index (χ4v) is 1.74. The second kappa shape index (κ2) is 6.89. The Labute approximate surface area is 112 Å². The maximum Gasteiger partial charge on any atom is 0.304 e. The highest BCUT2D eigenvalue weighted by Crippen LogP contribution is 2.20. The highest BCUT2D eigenvalue weighted by atomic mass is 16.5. The third-order valence-electron chi connectivity index (χ3n) is 2.78. The van der Waals surface area contributed by atoms with Gasteiger partial charge in [-0.1, -0.05) is 11.6 Å². The molecule has 19 heavy (non-hydrogen) atoms. The molecule has 5 nitrogen and oxygen atoms in total. The maximum atomic E-state index is 12.2. The van der Waals surface area contributed by atoms with Crippen molar-refractivity contribution in [3.8, 4) is 5.75 Å². The van der Waals surface area contributed by atoms with E-state index in [0.717, 1.165) is 5.56 Å². The predicted octanol–water partition coefficient (Wildman–Crippen LogP) is 1.59. The number of rotatable bonds is 7. The Morgan fingerprint density at radius 2 is 2.05 bits per heavy atom. The molecule has 0 aliphatic heterocycles. The van der Waals surface area contributed by atoms with E-state index in [1.807, 2.05) is 13.0 Å². The fourth-order valence-electron chi connectivity index (χ4n) is 1.74. The summed E-state index contributed by atoms with van der Waals surface area (Å²) in [5.74, 6) is -0.400. The molecule has 1 aromatic rings. The van der Waals surface area contributed by atoms with E-state index in [9.17, 15) is 9.59 Å². The first-order valence-corrected chi connectivity index (χ1v) is 6.02. The molecule has 0 unspecified atom stereocenters. The number of carbonyl (C=O) groups is 2. The van der Waals surface area contributed by atoms with Crippen LogP contribution in [0.2, 0.25) is 0 Å². The zero-order valence-corrected chi connectivity index (χ0v) is 11.5. The van der Waals surface area contributed by atoms with E-state index in [1.165, 1.54) is 7.11 Å². The van der Waals surface area contributed by atoms with E-state index in [4.69, 9.17) is 9.84 Å². The van der Waals surface area contributed by atoms with E-state index < -0.39 is 5.97 Å². The topological polar surface area (TPSA) is 66.8 Å². The van der Waals surface area contributed by atoms with Gasteiger partial charge in [0.25, 0.3) is 0 Å². The van der Waals surface area contributed by atoms with Crippen molar-refractivity contribution in [3.05, 3.63) is 29.3 Å². The Morgan fingerprint density at radius 1 is 1.37 bits per heavy atom. The molecular weight excluding hydrogens is 246 g/mol. The Hall–Kier alpha value is -1.88. The van der Waals surface area contributed by atoms with Crippen molar-refractivity contribution in [2.24, 2.45) is 0 Å². The van der Waals surface area contributed by atoms with Crippen molar-refractivity contribution in [1.82, 2.24) is 4.90 Å². The average Bonchev–Trinajstić information content (AvgIpc) is 2.36. The molecule has 1 aromatic carbocycles. The second-order valence-electron chi connectivity index (χ2n) is 4.51. The SMILES string of the molecule is COc1ccc(C)cc1C(=O)CN(C)CCC(=O)O. The first-order valence-electron chi connectivity index (χ1n) is 6.02. The van der Waals surface area contributed by atoms with Crippen LogP contribution < -0.4 is 4.74 Å². The average molecular weight is 265 g/mol. The van der Waals surface area contributed by atoms with Crippen LogP contribution in [0.5, 0.6) is 5.75 Å². The van der Waals surface area contributed by atoms with Gasteiger partial charge < -0.3 is 9.84 Å². The predicted molar refractivity (Wildman–Crippen MR) is 71.8 cm³/mol. The number of Topliss-reactive ketones (excluding diaryl/α,β-unsaturated/α-hetero) is 1. The number of benzene rings is 1. The van der Waals surface area contributed by atoms with Crippen molar-refractivity contribution in [2.45, 2.75) is 13.3 Å². The van der Waals surface area contributed by atoms with Crippen LogP contribution in [-0.2, 0) is 4.79 Å². The number of ketones is 1. The number of carbonyl (C=O) groups excluding carboxylic acids is 1. The number of carboxylic acid groups (broad SMARTS) is 1. The van der Waals surface area contributed by atoms with Crippen molar-refractivity contribution < 1.29 is 19.4 Å². The van der Waals surface area contributed by atoms with Gasteiger partial charge in [0.1, 0.15) is 5.75 Å². The van der Waals surface area contributed by atoms with Crippen LogP contribution in [-0.4, -0.2) is 49.0 Å². The number of aryl methyl sites for hydroxylation is 1. The zero-order chi connectivity index (χ0) is 14.4. The molecule has 0 atom stereocenters. The molecule has 0 saturated heterocycles. The Morgan fingerprint density at radius 3 is 2.63 bits per heavy atom. The lowest BCUT2D eigenvalue weighted by molar-refractivity contribution is -0.137. The molecule has 0 heterocycles. The highest BCUT2D eigenvalue weighted by Gasteiger charge is 2.15. The van der Waals surface area contributed by atoms with Crippen LogP contribution in [0, 0.1) is 6.92 Å². The molecule has 0 aromatic heterocycles. The number of aliphatic carboxylic acids is 1. The summed E-state index contributed by atoms with van der Waals surface area (Å²) in [4.78, 5) is 24.3. The van der Waals surface area contributed by atoms with Gasteiger partial charge in [0, 0.05) is 6.54 Å². The lowest BCUT2D eigenvalue weighted by Crippen LogP contribution is -2.28. The van der Waals surface area contributed by atoms with E-state index >= 15 is 0 Å². The summed E-state index contributed by atoms with van der Waals surface area (Å²) in [6, 6.07) is 5.43. The van der Waals surface area contributed by atoms with Gasteiger partial charge in [0.2, 0.25) is 0 Å². The smallest absolute Gasteiger partial charge is 0.304 e. The molecule has 0 bridgehead atoms. The van der Waals surface area contributed by atoms with Gasteiger partial charge in [-0.2, -0.15) is 0 Å². The van der Waals surface area contributed by atoms with E-state index in [0.29, 0.717) is 17.9 Å². The minimum atomic E-state index is -0.868. The number of hydrogen-bond donors (Lipinski definition) is 1. The van der Waals surface area contributed by atoms with Crippen LogP contribution in [0.15, 0.2) is 18.2 Å². The largest absolute Gasteiger partial charge is 0.496 e. The lowest BCUT2D eigenvalue weighted by Gasteiger charge is -2.15. The molecule has 1 rings (SSSR count). The Kier molecular flexibility index (Phi) is 5.51. The quantitative estimate of drug-likeness (QED) is 0.758. The normalized spacial score (nSPS) is 10.5. The lowest BCUT2D eigenvalue weighted by atomic mass is 10.1. The zero-order valence-electron chi connectivity index (χ0n) is 11.5. The van der Waals surface area contributed by atoms with Gasteiger partial charge in [0.15, 0.2) is 5.78 Å². The van der Waals surface area contributed by atoms with Crippen LogP contribution in [0.1, 0.15) is 22.3 Å². The minimum absolute atomic E-state index is 0.0226. The number of likely N-dealkylation sites (N-methyl/N-ethyl adjacent to an activating group) is 1. The van der Waals surface area contributed by atoms with Crippen molar-refractivity contribution >= 4 is 11.8 Å². The number of ether oxygens (including phenoxy) is 1. The van der Waals surface area contributed by atoms with Crippen LogP contribution in [0.3, 0.4) is 0 Å². The van der Waals surface area contributed by atoms with Gasteiger partial charge in [-0.05, 0) is 26.1 Å². The van der Waals surface area contributed by atoms with E-state index in [1.54, 1.807) is 24.1 Å². The molecule has 0 aliphatic rings. The summed E-state index contributed by atoms with van der Waals surface area (Å²) in [7, 11) is 3.25. The molecule has 104 valence electrons. The van der Waals surface area contributed by atoms with Crippen LogP contribution >= 0.6 is 0 Å². The van der Waals surface area contributed by atoms with Gasteiger partial charge in [-0.3, -0.25) is 14.5 Å². The first kappa shape index (κ1) is 15.2. The summed E-state index contributed by atoms with van der Waals surface area (Å²) in [6.07, 6.45) is 0.0226. The summed E-state index contributed by atoms with van der Waals surface area (Å²) in [6.45, 7) is 2.42. The minimum Gasteiger partial charge on any atom is -0.496 e.